The molecule has 0 saturated carbocycles. The number of hydrogen-bond acceptors (Lipinski definition) is 1. The maximum atomic E-state index is 14.2. The SMILES string of the molecule is C=CC(=O)[N+]1(C)C(CC)C1C(F)(F)C(F)(F)C(F)(F)C(F)(F)C(F)(F)C(F)(F)F. The molecule has 1 aliphatic heterocycles. The lowest BCUT2D eigenvalue weighted by atomic mass is 9.91. The topological polar surface area (TPSA) is 17.1 Å². The van der Waals surface area contributed by atoms with Gasteiger partial charge in [0.2, 0.25) is 6.04 Å². The van der Waals surface area contributed by atoms with Gasteiger partial charge in [0.1, 0.15) is 0 Å². The van der Waals surface area contributed by atoms with Gasteiger partial charge in [0, 0.05) is 12.5 Å². The number of halogens is 13. The highest BCUT2D eigenvalue weighted by Gasteiger charge is 2.95. The van der Waals surface area contributed by atoms with E-state index in [1.54, 1.807) is 0 Å². The van der Waals surface area contributed by atoms with Crippen molar-refractivity contribution >= 4 is 5.91 Å². The molecule has 0 bridgehead atoms. The van der Waals surface area contributed by atoms with E-state index in [0.717, 1.165) is 6.92 Å². The van der Waals surface area contributed by atoms with Crippen LogP contribution in [-0.4, -0.2) is 65.3 Å². The number of alkyl halides is 13. The fraction of sp³-hybridized carbons (Fsp3) is 0.786. The third-order valence-corrected chi connectivity index (χ3v) is 4.94. The van der Waals surface area contributed by atoms with Crippen molar-refractivity contribution in [3.63, 3.8) is 0 Å². The Morgan fingerprint density at radius 2 is 1.21 bits per heavy atom. The minimum Gasteiger partial charge on any atom is -0.239 e. The van der Waals surface area contributed by atoms with Crippen LogP contribution in [0.4, 0.5) is 57.1 Å². The summed E-state index contributed by atoms with van der Waals surface area (Å²) in [6.45, 7) is 3.91. The third-order valence-electron chi connectivity index (χ3n) is 4.94. The second-order valence-corrected chi connectivity index (χ2v) is 6.53. The van der Waals surface area contributed by atoms with Crippen molar-refractivity contribution < 1.29 is 66.4 Å². The molecular weight excluding hydrogens is 445 g/mol. The smallest absolute Gasteiger partial charge is 0.239 e. The molecule has 0 aromatic heterocycles. The zero-order valence-electron chi connectivity index (χ0n) is 14.4. The zero-order chi connectivity index (χ0) is 23.6. The number of carbonyl (C=O) groups excluding carboxylic acids is 1. The average molecular weight is 458 g/mol. The summed E-state index contributed by atoms with van der Waals surface area (Å²) >= 11 is 0. The van der Waals surface area contributed by atoms with Crippen LogP contribution < -0.4 is 0 Å². The standard InChI is InChI=1S/C14H13F13NO/c1-4-6-8(28(6,3)7(29)5-2)9(15,16)10(17,18)11(19,20)12(21,22)13(23,24)14(25,26)27/h5-6,8H,2,4H2,1,3H3/q+1. The molecule has 15 heteroatoms. The van der Waals surface area contributed by atoms with Crippen LogP contribution in [0.3, 0.4) is 0 Å². The number of likely N-dealkylation sites (N-methyl/N-ethyl adjacent to an activating group) is 1. The van der Waals surface area contributed by atoms with Crippen molar-refractivity contribution in [2.24, 2.45) is 0 Å². The highest BCUT2D eigenvalue weighted by molar-refractivity contribution is 5.82. The summed E-state index contributed by atoms with van der Waals surface area (Å²) in [6, 6.07) is -4.94. The van der Waals surface area contributed by atoms with E-state index in [4.69, 9.17) is 0 Å². The molecule has 1 aliphatic rings. The summed E-state index contributed by atoms with van der Waals surface area (Å²) in [7, 11) is 0.549. The zero-order valence-corrected chi connectivity index (χ0v) is 14.4. The second kappa shape index (κ2) is 6.48. The number of quaternary nitrogens is 1. The van der Waals surface area contributed by atoms with Gasteiger partial charge < -0.3 is 0 Å². The molecule has 0 radical (unpaired) electrons. The van der Waals surface area contributed by atoms with Crippen LogP contribution in [0.15, 0.2) is 12.7 Å². The lowest BCUT2D eigenvalue weighted by Gasteiger charge is -2.39. The molecule has 1 fully saturated rings. The van der Waals surface area contributed by atoms with Crippen LogP contribution in [0.1, 0.15) is 13.3 Å². The van der Waals surface area contributed by atoms with E-state index in [2.05, 4.69) is 6.58 Å². The van der Waals surface area contributed by atoms with Gasteiger partial charge in [0.15, 0.2) is 6.04 Å². The van der Waals surface area contributed by atoms with Gasteiger partial charge in [-0.2, -0.15) is 57.1 Å². The summed E-state index contributed by atoms with van der Waals surface area (Å²) in [5, 5.41) is 0. The lowest BCUT2D eigenvalue weighted by molar-refractivity contribution is -0.732. The third kappa shape index (κ3) is 2.93. The molecule has 0 aromatic carbocycles. The largest absolute Gasteiger partial charge is 0.460 e. The molecule has 0 aromatic rings. The molecule has 3 unspecified atom stereocenters. The number of nitrogens with zero attached hydrogens (tertiary/aromatic N) is 1. The predicted octanol–water partition coefficient (Wildman–Crippen LogP) is 5.05. The number of amides is 1. The number of carbonyl (C=O) groups is 1. The molecule has 1 saturated heterocycles. The molecule has 1 heterocycles. The van der Waals surface area contributed by atoms with E-state index in [0.29, 0.717) is 13.1 Å². The summed E-state index contributed by atoms with van der Waals surface area (Å²) in [6.07, 6.45) is -7.66. The first kappa shape index (κ1) is 25.5. The van der Waals surface area contributed by atoms with Gasteiger partial charge in [0.25, 0.3) is 0 Å². The van der Waals surface area contributed by atoms with Crippen molar-refractivity contribution in [2.75, 3.05) is 7.05 Å². The first-order valence-corrected chi connectivity index (χ1v) is 7.53. The summed E-state index contributed by atoms with van der Waals surface area (Å²) in [5.41, 5.74) is 0. The van der Waals surface area contributed by atoms with Gasteiger partial charge in [-0.25, -0.2) is 9.28 Å². The van der Waals surface area contributed by atoms with Crippen LogP contribution >= 0.6 is 0 Å². The molecule has 1 rings (SSSR count). The molecule has 29 heavy (non-hydrogen) atoms. The Bertz CT molecular complexity index is 683. The van der Waals surface area contributed by atoms with E-state index >= 15 is 0 Å². The van der Waals surface area contributed by atoms with Gasteiger partial charge in [-0.15, -0.1) is 0 Å². The van der Waals surface area contributed by atoms with Crippen LogP contribution in [0.25, 0.3) is 0 Å². The Kier molecular flexibility index (Phi) is 5.69. The molecule has 1 amide bonds. The van der Waals surface area contributed by atoms with Gasteiger partial charge in [-0.05, 0) is 0 Å². The highest BCUT2D eigenvalue weighted by Crippen LogP contribution is 2.64. The normalized spacial score (nSPS) is 27.0. The van der Waals surface area contributed by atoms with Crippen molar-refractivity contribution in [1.82, 2.24) is 0 Å². The molecular formula is C14H13F13NO+. The second-order valence-electron chi connectivity index (χ2n) is 6.53. The highest BCUT2D eigenvalue weighted by atomic mass is 19.4. The van der Waals surface area contributed by atoms with Gasteiger partial charge in [-0.3, -0.25) is 0 Å². The summed E-state index contributed by atoms with van der Waals surface area (Å²) < 4.78 is 170. The minimum absolute atomic E-state index is 0.349. The minimum atomic E-state index is -7.95. The van der Waals surface area contributed by atoms with Crippen LogP contribution in [-0.2, 0) is 4.79 Å². The summed E-state index contributed by atoms with van der Waals surface area (Å²) in [4.78, 5) is 11.7. The molecule has 0 aliphatic carbocycles. The fourth-order valence-corrected chi connectivity index (χ4v) is 3.17. The van der Waals surface area contributed by atoms with Crippen LogP contribution in [0.2, 0.25) is 0 Å². The maximum Gasteiger partial charge on any atom is 0.460 e. The quantitative estimate of drug-likeness (QED) is 0.226. The molecule has 3 atom stereocenters. The first-order valence-electron chi connectivity index (χ1n) is 7.53. The first-order chi connectivity index (χ1) is 12.5. The predicted molar refractivity (Wildman–Crippen MR) is 70.0 cm³/mol. The van der Waals surface area contributed by atoms with Crippen molar-refractivity contribution in [3.8, 4) is 0 Å². The van der Waals surface area contributed by atoms with Crippen molar-refractivity contribution in [3.05, 3.63) is 12.7 Å². The lowest BCUT2D eigenvalue weighted by Crippen LogP contribution is -2.71. The Morgan fingerprint density at radius 3 is 1.52 bits per heavy atom. The monoisotopic (exact) mass is 458 g/mol. The Morgan fingerprint density at radius 1 is 0.828 bits per heavy atom. The van der Waals surface area contributed by atoms with E-state index in [9.17, 15) is 61.9 Å². The summed E-state index contributed by atoms with van der Waals surface area (Å²) in [5.74, 6) is -38.7. The van der Waals surface area contributed by atoms with E-state index in [-0.39, 0.29) is 0 Å². The average Bonchev–Trinajstić information content (AvgIpc) is 3.19. The number of rotatable bonds is 7. The van der Waals surface area contributed by atoms with Crippen molar-refractivity contribution in [2.45, 2.75) is 61.2 Å². The maximum absolute atomic E-state index is 14.2. The molecule has 170 valence electrons. The van der Waals surface area contributed by atoms with Crippen LogP contribution in [0, 0.1) is 0 Å². The Hall–Kier alpha value is -1.54. The fourth-order valence-electron chi connectivity index (χ4n) is 3.17. The van der Waals surface area contributed by atoms with E-state index in [1.165, 1.54) is 0 Å². The van der Waals surface area contributed by atoms with Gasteiger partial charge in [0.05, 0.1) is 7.05 Å². The number of hydrogen-bond donors (Lipinski definition) is 0. The Labute approximate surface area is 154 Å². The molecule has 0 N–H and O–H groups in total. The Balaban J connectivity index is 3.56. The van der Waals surface area contributed by atoms with E-state index in [1.807, 2.05) is 0 Å². The van der Waals surface area contributed by atoms with Gasteiger partial charge >= 0.3 is 41.7 Å². The van der Waals surface area contributed by atoms with Gasteiger partial charge in [-0.1, -0.05) is 13.5 Å². The van der Waals surface area contributed by atoms with Crippen molar-refractivity contribution in [1.29, 1.82) is 0 Å². The molecule has 2 nitrogen and oxygen atoms in total. The van der Waals surface area contributed by atoms with Crippen LogP contribution in [0.5, 0.6) is 0 Å². The molecule has 0 spiro atoms. The van der Waals surface area contributed by atoms with E-state index < -0.39 is 64.7 Å².